The van der Waals surface area contributed by atoms with Crippen LogP contribution < -0.4 is 5.32 Å². The first-order valence-electron chi connectivity index (χ1n) is 7.04. The molecule has 1 amide bonds. The third-order valence-electron chi connectivity index (χ3n) is 3.31. The zero-order valence-electron chi connectivity index (χ0n) is 12.2. The quantitative estimate of drug-likeness (QED) is 0.755. The highest BCUT2D eigenvalue weighted by Gasteiger charge is 2.05. The summed E-state index contributed by atoms with van der Waals surface area (Å²) in [5.41, 5.74) is 3.39. The lowest BCUT2D eigenvalue weighted by Crippen LogP contribution is -2.14. The number of benzene rings is 2. The smallest absolute Gasteiger partial charge is 0.234 e. The van der Waals surface area contributed by atoms with Gasteiger partial charge >= 0.3 is 0 Å². The van der Waals surface area contributed by atoms with Crippen molar-refractivity contribution < 1.29 is 4.79 Å². The fourth-order valence-corrected chi connectivity index (χ4v) is 2.94. The molecule has 6 heteroatoms. The van der Waals surface area contributed by atoms with E-state index in [0.717, 1.165) is 27.9 Å². The van der Waals surface area contributed by atoms with Crippen molar-refractivity contribution in [3.05, 3.63) is 59.8 Å². The van der Waals surface area contributed by atoms with Crippen LogP contribution in [-0.4, -0.2) is 21.9 Å². The van der Waals surface area contributed by atoms with Crippen molar-refractivity contribution in [2.75, 3.05) is 11.1 Å². The highest BCUT2D eigenvalue weighted by molar-refractivity contribution is 7.99. The van der Waals surface area contributed by atoms with Gasteiger partial charge in [-0.15, -0.1) is 11.8 Å². The van der Waals surface area contributed by atoms with Crippen LogP contribution in [0.5, 0.6) is 0 Å². The van der Waals surface area contributed by atoms with Crippen LogP contribution in [0.3, 0.4) is 0 Å². The SMILES string of the molecule is N#Cc1ccc(CSCC(=O)Nc2ccc3cn[nH]c3c2)cc1. The molecular weight excluding hydrogens is 308 g/mol. The molecule has 0 atom stereocenters. The first kappa shape index (κ1) is 15.1. The average molecular weight is 322 g/mol. The van der Waals surface area contributed by atoms with Crippen LogP contribution in [0.25, 0.3) is 10.9 Å². The Morgan fingerprint density at radius 1 is 1.26 bits per heavy atom. The number of nitrogens with one attached hydrogen (secondary N) is 2. The minimum absolute atomic E-state index is 0.0393. The lowest BCUT2D eigenvalue weighted by molar-refractivity contribution is -0.113. The van der Waals surface area contributed by atoms with E-state index in [4.69, 9.17) is 5.26 Å². The van der Waals surface area contributed by atoms with Gasteiger partial charge in [0.05, 0.1) is 29.1 Å². The number of aromatic nitrogens is 2. The Hall–Kier alpha value is -2.78. The summed E-state index contributed by atoms with van der Waals surface area (Å²) in [5.74, 6) is 1.07. The fraction of sp³-hybridized carbons (Fsp3) is 0.118. The number of thioether (sulfide) groups is 1. The lowest BCUT2D eigenvalue weighted by atomic mass is 10.2. The largest absolute Gasteiger partial charge is 0.325 e. The fourth-order valence-electron chi connectivity index (χ4n) is 2.15. The number of fused-ring (bicyclic) bond motifs is 1. The Labute approximate surface area is 137 Å². The van der Waals surface area contributed by atoms with Crippen LogP contribution in [0.1, 0.15) is 11.1 Å². The summed E-state index contributed by atoms with van der Waals surface area (Å²) in [5, 5.41) is 19.5. The van der Waals surface area contributed by atoms with E-state index in [9.17, 15) is 4.79 Å². The van der Waals surface area contributed by atoms with Gasteiger partial charge in [-0.05, 0) is 35.9 Å². The summed E-state index contributed by atoms with van der Waals surface area (Å²) in [6.07, 6.45) is 1.74. The number of rotatable bonds is 5. The third-order valence-corrected chi connectivity index (χ3v) is 4.31. The molecule has 2 N–H and O–H groups in total. The van der Waals surface area contributed by atoms with Crippen molar-refractivity contribution in [1.82, 2.24) is 10.2 Å². The molecule has 0 spiro atoms. The van der Waals surface area contributed by atoms with Gasteiger partial charge in [-0.2, -0.15) is 10.4 Å². The monoisotopic (exact) mass is 322 g/mol. The molecule has 0 saturated carbocycles. The Kier molecular flexibility index (Phi) is 4.60. The van der Waals surface area contributed by atoms with Crippen LogP contribution in [0.15, 0.2) is 48.7 Å². The molecule has 23 heavy (non-hydrogen) atoms. The Morgan fingerprint density at radius 2 is 2.09 bits per heavy atom. The number of hydrogen-bond acceptors (Lipinski definition) is 4. The molecular formula is C17H14N4OS. The van der Waals surface area contributed by atoms with Crippen LogP contribution in [0, 0.1) is 11.3 Å². The molecule has 2 aromatic carbocycles. The maximum absolute atomic E-state index is 12.0. The van der Waals surface area contributed by atoms with Gasteiger partial charge in [0.2, 0.25) is 5.91 Å². The van der Waals surface area contributed by atoms with Gasteiger partial charge in [0.1, 0.15) is 0 Å². The summed E-state index contributed by atoms with van der Waals surface area (Å²) in [6, 6.07) is 15.1. The Balaban J connectivity index is 1.50. The van der Waals surface area contributed by atoms with Crippen LogP contribution >= 0.6 is 11.8 Å². The number of carbonyl (C=O) groups excluding carboxylic acids is 1. The van der Waals surface area contributed by atoms with Crippen molar-refractivity contribution in [2.24, 2.45) is 0 Å². The molecule has 0 aliphatic carbocycles. The molecule has 3 rings (SSSR count). The van der Waals surface area contributed by atoms with Gasteiger partial charge in [0.25, 0.3) is 0 Å². The average Bonchev–Trinajstić information content (AvgIpc) is 3.03. The normalized spacial score (nSPS) is 10.4. The second-order valence-electron chi connectivity index (χ2n) is 5.02. The molecule has 0 fully saturated rings. The molecule has 1 aromatic heterocycles. The molecule has 0 saturated heterocycles. The third kappa shape index (κ3) is 3.90. The zero-order valence-corrected chi connectivity index (χ0v) is 13.1. The summed E-state index contributed by atoms with van der Waals surface area (Å²) >= 11 is 1.54. The standard InChI is InChI=1S/C17H14N4OS/c18-8-12-1-3-13(4-2-12)10-23-11-17(22)20-15-6-5-14-9-19-21-16(14)7-15/h1-7,9H,10-11H2,(H,19,21)(H,20,22). The highest BCUT2D eigenvalue weighted by atomic mass is 32.2. The molecule has 0 aliphatic rings. The van der Waals surface area contributed by atoms with Crippen molar-refractivity contribution in [1.29, 1.82) is 5.26 Å². The zero-order chi connectivity index (χ0) is 16.1. The summed E-state index contributed by atoms with van der Waals surface area (Å²) < 4.78 is 0. The minimum Gasteiger partial charge on any atom is -0.325 e. The van der Waals surface area contributed by atoms with E-state index in [1.165, 1.54) is 11.8 Å². The van der Waals surface area contributed by atoms with E-state index in [-0.39, 0.29) is 5.91 Å². The van der Waals surface area contributed by atoms with E-state index in [1.807, 2.05) is 30.3 Å². The van der Waals surface area contributed by atoms with Crippen molar-refractivity contribution >= 4 is 34.3 Å². The van der Waals surface area contributed by atoms with Gasteiger partial charge in [-0.1, -0.05) is 12.1 Å². The second kappa shape index (κ2) is 6.99. The number of carbonyl (C=O) groups is 1. The number of H-pyrrole nitrogens is 1. The molecule has 0 bridgehead atoms. The van der Waals surface area contributed by atoms with Gasteiger partial charge in [0.15, 0.2) is 0 Å². The summed E-state index contributed by atoms with van der Waals surface area (Å²) in [6.45, 7) is 0. The van der Waals surface area contributed by atoms with Crippen molar-refractivity contribution in [3.63, 3.8) is 0 Å². The first-order valence-corrected chi connectivity index (χ1v) is 8.20. The number of aromatic amines is 1. The lowest BCUT2D eigenvalue weighted by Gasteiger charge is -2.05. The molecule has 3 aromatic rings. The first-order chi connectivity index (χ1) is 11.2. The minimum atomic E-state index is -0.0393. The highest BCUT2D eigenvalue weighted by Crippen LogP contribution is 2.17. The Morgan fingerprint density at radius 3 is 2.87 bits per heavy atom. The van der Waals surface area contributed by atoms with E-state index >= 15 is 0 Å². The van der Waals surface area contributed by atoms with Crippen LogP contribution in [-0.2, 0) is 10.5 Å². The van der Waals surface area contributed by atoms with Gasteiger partial charge in [-0.3, -0.25) is 9.89 Å². The van der Waals surface area contributed by atoms with Gasteiger partial charge in [0, 0.05) is 16.8 Å². The number of anilines is 1. The van der Waals surface area contributed by atoms with Gasteiger partial charge in [-0.25, -0.2) is 0 Å². The Bertz CT molecular complexity index is 864. The van der Waals surface area contributed by atoms with Crippen molar-refractivity contribution in [2.45, 2.75) is 5.75 Å². The van der Waals surface area contributed by atoms with E-state index in [1.54, 1.807) is 18.3 Å². The van der Waals surface area contributed by atoms with Crippen LogP contribution in [0.4, 0.5) is 5.69 Å². The number of nitrogens with zero attached hydrogens (tertiary/aromatic N) is 2. The van der Waals surface area contributed by atoms with Gasteiger partial charge < -0.3 is 5.32 Å². The molecule has 1 heterocycles. The maximum atomic E-state index is 12.0. The molecule has 0 unspecified atom stereocenters. The number of amides is 1. The van der Waals surface area contributed by atoms with E-state index in [0.29, 0.717) is 11.3 Å². The number of hydrogen-bond donors (Lipinski definition) is 2. The second-order valence-corrected chi connectivity index (χ2v) is 6.01. The van der Waals surface area contributed by atoms with E-state index in [2.05, 4.69) is 21.6 Å². The van der Waals surface area contributed by atoms with Crippen molar-refractivity contribution in [3.8, 4) is 6.07 Å². The molecule has 5 nitrogen and oxygen atoms in total. The molecule has 0 aliphatic heterocycles. The van der Waals surface area contributed by atoms with E-state index < -0.39 is 0 Å². The predicted molar refractivity (Wildman–Crippen MR) is 92.0 cm³/mol. The molecule has 114 valence electrons. The predicted octanol–water partition coefficient (Wildman–Crippen LogP) is 3.31. The molecule has 0 radical (unpaired) electrons. The maximum Gasteiger partial charge on any atom is 0.234 e. The van der Waals surface area contributed by atoms with Crippen LogP contribution in [0.2, 0.25) is 0 Å². The summed E-state index contributed by atoms with van der Waals surface area (Å²) in [7, 11) is 0. The topological polar surface area (TPSA) is 81.6 Å². The summed E-state index contributed by atoms with van der Waals surface area (Å²) in [4.78, 5) is 12.0. The number of nitriles is 1.